The topological polar surface area (TPSA) is 29.5 Å². The fourth-order valence-electron chi connectivity index (χ4n) is 1.76. The third-order valence-electron chi connectivity index (χ3n) is 2.73. The molecule has 0 saturated carbocycles. The maximum Gasteiger partial charge on any atom is 0.227 e. The van der Waals surface area contributed by atoms with E-state index in [4.69, 9.17) is 4.74 Å². The van der Waals surface area contributed by atoms with Crippen LogP contribution in [0.3, 0.4) is 0 Å². The molecule has 0 aliphatic rings. The Bertz CT molecular complexity index is 189. The summed E-state index contributed by atoms with van der Waals surface area (Å²) in [5, 5.41) is 0. The molecule has 0 N–H and O–H groups in total. The van der Waals surface area contributed by atoms with Gasteiger partial charge in [-0.1, -0.05) is 34.1 Å². The Hall–Kier alpha value is -0.570. The smallest absolute Gasteiger partial charge is 0.227 e. The maximum atomic E-state index is 12.1. The van der Waals surface area contributed by atoms with E-state index in [1.165, 1.54) is 0 Å². The zero-order valence-corrected chi connectivity index (χ0v) is 12.0. The number of unbranched alkanes of at least 4 members (excludes halogenated alkanes) is 1. The van der Waals surface area contributed by atoms with Gasteiger partial charge in [-0.2, -0.15) is 0 Å². The van der Waals surface area contributed by atoms with E-state index in [9.17, 15) is 4.79 Å². The summed E-state index contributed by atoms with van der Waals surface area (Å²) in [4.78, 5) is 14.1. The summed E-state index contributed by atoms with van der Waals surface area (Å²) in [5.41, 5.74) is 0. The molecule has 1 amide bonds. The van der Waals surface area contributed by atoms with Gasteiger partial charge in [0.05, 0.1) is 12.5 Å². The van der Waals surface area contributed by atoms with Crippen LogP contribution in [0.4, 0.5) is 0 Å². The van der Waals surface area contributed by atoms with Gasteiger partial charge in [0.25, 0.3) is 0 Å². The number of carbonyl (C=O) groups is 1. The zero-order chi connectivity index (χ0) is 13.1. The van der Waals surface area contributed by atoms with Gasteiger partial charge in [0.15, 0.2) is 0 Å². The van der Waals surface area contributed by atoms with Crippen LogP contribution in [0.2, 0.25) is 0 Å². The fourth-order valence-corrected chi connectivity index (χ4v) is 1.76. The highest BCUT2D eigenvalue weighted by Gasteiger charge is 2.19. The largest absolute Gasteiger partial charge is 0.381 e. The van der Waals surface area contributed by atoms with Crippen molar-refractivity contribution in [3.63, 3.8) is 0 Å². The van der Waals surface area contributed by atoms with Crippen LogP contribution in [-0.4, -0.2) is 37.1 Å². The van der Waals surface area contributed by atoms with Gasteiger partial charge in [-0.25, -0.2) is 0 Å². The Morgan fingerprint density at radius 1 is 1.12 bits per heavy atom. The number of ether oxygens (including phenoxy) is 1. The molecule has 3 nitrogen and oxygen atoms in total. The van der Waals surface area contributed by atoms with Crippen molar-refractivity contribution in [2.75, 3.05) is 26.3 Å². The van der Waals surface area contributed by atoms with Gasteiger partial charge in [0.1, 0.15) is 0 Å². The summed E-state index contributed by atoms with van der Waals surface area (Å²) >= 11 is 0. The number of nitrogens with zero attached hydrogens (tertiary/aromatic N) is 1. The van der Waals surface area contributed by atoms with Crippen LogP contribution < -0.4 is 0 Å². The SMILES string of the molecule is CCCCOCC(C)C(=O)N(CCC)CCC. The summed E-state index contributed by atoms with van der Waals surface area (Å²) in [6.45, 7) is 11.4. The van der Waals surface area contributed by atoms with Gasteiger partial charge in [-0.05, 0) is 19.3 Å². The molecule has 0 rings (SSSR count). The third kappa shape index (κ3) is 7.37. The van der Waals surface area contributed by atoms with Crippen LogP contribution in [0, 0.1) is 5.92 Å². The Labute approximate surface area is 107 Å². The molecule has 0 fully saturated rings. The predicted molar refractivity (Wildman–Crippen MR) is 72.1 cm³/mol. The van der Waals surface area contributed by atoms with Gasteiger partial charge in [0, 0.05) is 19.7 Å². The van der Waals surface area contributed by atoms with Gasteiger partial charge in [0.2, 0.25) is 5.91 Å². The first-order valence-electron chi connectivity index (χ1n) is 7.03. The molecule has 1 unspecified atom stereocenters. The molecular weight excluding hydrogens is 214 g/mol. The van der Waals surface area contributed by atoms with E-state index in [2.05, 4.69) is 20.8 Å². The second-order valence-electron chi connectivity index (χ2n) is 4.65. The Morgan fingerprint density at radius 2 is 1.71 bits per heavy atom. The van der Waals surface area contributed by atoms with E-state index in [1.807, 2.05) is 11.8 Å². The Balaban J connectivity index is 3.97. The van der Waals surface area contributed by atoms with Crippen LogP contribution >= 0.6 is 0 Å². The van der Waals surface area contributed by atoms with Crippen LogP contribution in [0.25, 0.3) is 0 Å². The highest BCUT2D eigenvalue weighted by Crippen LogP contribution is 2.06. The van der Waals surface area contributed by atoms with Crippen molar-refractivity contribution < 1.29 is 9.53 Å². The lowest BCUT2D eigenvalue weighted by molar-refractivity contribution is -0.137. The number of hydrogen-bond acceptors (Lipinski definition) is 2. The van der Waals surface area contributed by atoms with Crippen molar-refractivity contribution in [2.24, 2.45) is 5.92 Å². The van der Waals surface area contributed by atoms with Crippen molar-refractivity contribution >= 4 is 5.91 Å². The highest BCUT2D eigenvalue weighted by atomic mass is 16.5. The molecule has 3 heteroatoms. The molecule has 0 aromatic carbocycles. The number of amides is 1. The van der Waals surface area contributed by atoms with Gasteiger partial charge >= 0.3 is 0 Å². The number of carbonyl (C=O) groups excluding carboxylic acids is 1. The maximum absolute atomic E-state index is 12.1. The first kappa shape index (κ1) is 16.4. The van der Waals surface area contributed by atoms with Gasteiger partial charge in [-0.3, -0.25) is 4.79 Å². The highest BCUT2D eigenvalue weighted by molar-refractivity contribution is 5.78. The van der Waals surface area contributed by atoms with E-state index < -0.39 is 0 Å². The van der Waals surface area contributed by atoms with Crippen molar-refractivity contribution in [3.05, 3.63) is 0 Å². The lowest BCUT2D eigenvalue weighted by Crippen LogP contribution is -2.38. The molecule has 0 spiro atoms. The van der Waals surface area contributed by atoms with Gasteiger partial charge < -0.3 is 9.64 Å². The minimum absolute atomic E-state index is 0.00930. The zero-order valence-electron chi connectivity index (χ0n) is 12.0. The van der Waals surface area contributed by atoms with Crippen molar-refractivity contribution in [2.45, 2.75) is 53.4 Å². The normalized spacial score (nSPS) is 12.5. The van der Waals surface area contributed by atoms with E-state index in [0.29, 0.717) is 6.61 Å². The molecule has 102 valence electrons. The number of hydrogen-bond donors (Lipinski definition) is 0. The summed E-state index contributed by atoms with van der Waals surface area (Å²) in [7, 11) is 0. The van der Waals surface area contributed by atoms with E-state index in [1.54, 1.807) is 0 Å². The molecule has 1 atom stereocenters. The lowest BCUT2D eigenvalue weighted by atomic mass is 10.1. The van der Waals surface area contributed by atoms with E-state index in [-0.39, 0.29) is 11.8 Å². The van der Waals surface area contributed by atoms with E-state index in [0.717, 1.165) is 45.4 Å². The quantitative estimate of drug-likeness (QED) is 0.552. The molecule has 0 heterocycles. The summed E-state index contributed by atoms with van der Waals surface area (Å²) < 4.78 is 5.52. The Kier molecular flexibility index (Phi) is 10.2. The summed E-state index contributed by atoms with van der Waals surface area (Å²) in [5.74, 6) is 0.232. The molecule has 0 aromatic heterocycles. The number of rotatable bonds is 10. The van der Waals surface area contributed by atoms with Crippen molar-refractivity contribution in [1.29, 1.82) is 0 Å². The average molecular weight is 243 g/mol. The Morgan fingerprint density at radius 3 is 2.18 bits per heavy atom. The minimum atomic E-state index is -0.00930. The lowest BCUT2D eigenvalue weighted by Gasteiger charge is -2.25. The van der Waals surface area contributed by atoms with Gasteiger partial charge in [-0.15, -0.1) is 0 Å². The van der Waals surface area contributed by atoms with Crippen LogP contribution in [0.1, 0.15) is 53.4 Å². The molecule has 17 heavy (non-hydrogen) atoms. The second kappa shape index (κ2) is 10.6. The fraction of sp³-hybridized carbons (Fsp3) is 0.929. The molecule has 0 aliphatic heterocycles. The van der Waals surface area contributed by atoms with E-state index >= 15 is 0 Å². The molecule has 0 aromatic rings. The molecule has 0 radical (unpaired) electrons. The second-order valence-corrected chi connectivity index (χ2v) is 4.65. The molecule has 0 aliphatic carbocycles. The predicted octanol–water partition coefficient (Wildman–Crippen LogP) is 3.09. The summed E-state index contributed by atoms with van der Waals surface area (Å²) in [6, 6.07) is 0. The van der Waals surface area contributed by atoms with Crippen LogP contribution in [0.15, 0.2) is 0 Å². The third-order valence-corrected chi connectivity index (χ3v) is 2.73. The molecular formula is C14H29NO2. The first-order chi connectivity index (χ1) is 8.17. The van der Waals surface area contributed by atoms with Crippen molar-refractivity contribution in [3.8, 4) is 0 Å². The molecule has 0 bridgehead atoms. The first-order valence-corrected chi connectivity index (χ1v) is 7.03. The van der Waals surface area contributed by atoms with Crippen molar-refractivity contribution in [1.82, 2.24) is 4.90 Å². The monoisotopic (exact) mass is 243 g/mol. The minimum Gasteiger partial charge on any atom is -0.381 e. The average Bonchev–Trinajstić information content (AvgIpc) is 2.33. The standard InChI is InChI=1S/C14H29NO2/c1-5-8-11-17-12-13(4)14(16)15(9-6-2)10-7-3/h13H,5-12H2,1-4H3. The van der Waals surface area contributed by atoms with Crippen LogP contribution in [-0.2, 0) is 9.53 Å². The van der Waals surface area contributed by atoms with Crippen LogP contribution in [0.5, 0.6) is 0 Å². The summed E-state index contributed by atoms with van der Waals surface area (Å²) in [6.07, 6.45) is 4.26. The molecule has 0 saturated heterocycles.